The number of thiophene rings is 1. The predicted molar refractivity (Wildman–Crippen MR) is 110 cm³/mol. The maximum Gasteiger partial charge on any atom is 0.257 e. The second-order valence-corrected chi connectivity index (χ2v) is 7.04. The Balaban J connectivity index is 1.49. The Morgan fingerprint density at radius 1 is 1.17 bits per heavy atom. The van der Waals surface area contributed by atoms with Crippen LogP contribution in [0.25, 0.3) is 10.7 Å². The average Bonchev–Trinajstić information content (AvgIpc) is 3.42. The number of rotatable bonds is 7. The van der Waals surface area contributed by atoms with Crippen LogP contribution in [-0.4, -0.2) is 27.6 Å². The van der Waals surface area contributed by atoms with Gasteiger partial charge in [-0.05, 0) is 36.1 Å². The van der Waals surface area contributed by atoms with Crippen molar-refractivity contribution in [2.45, 2.75) is 13.3 Å². The molecule has 3 heterocycles. The lowest BCUT2D eigenvalue weighted by Crippen LogP contribution is -2.14. The molecule has 7 nitrogen and oxygen atoms in total. The highest BCUT2D eigenvalue weighted by molar-refractivity contribution is 7.13. The first kappa shape index (κ1) is 18.8. The molecule has 0 aliphatic heterocycles. The van der Waals surface area contributed by atoms with E-state index in [4.69, 9.17) is 9.26 Å². The summed E-state index contributed by atoms with van der Waals surface area (Å²) >= 11 is 1.55. The van der Waals surface area contributed by atoms with Gasteiger partial charge in [0, 0.05) is 18.0 Å². The standard InChI is InChI=1S/C21H18N4O3S/c1-2-27-18-10-9-15(13-22-18)21(26)23-16-7-4-3-6-14(16)12-19-24-20(25-28-19)17-8-5-11-29-17/h3-11,13H,2,12H2,1H3,(H,23,26). The van der Waals surface area contributed by atoms with E-state index in [0.29, 0.717) is 41.9 Å². The summed E-state index contributed by atoms with van der Waals surface area (Å²) in [6.45, 7) is 2.40. The minimum atomic E-state index is -0.252. The lowest BCUT2D eigenvalue weighted by Gasteiger charge is -2.10. The molecule has 146 valence electrons. The van der Waals surface area contributed by atoms with E-state index in [9.17, 15) is 4.79 Å². The van der Waals surface area contributed by atoms with Gasteiger partial charge in [0.05, 0.1) is 23.5 Å². The van der Waals surface area contributed by atoms with Crippen molar-refractivity contribution in [1.29, 1.82) is 0 Å². The van der Waals surface area contributed by atoms with Gasteiger partial charge in [-0.2, -0.15) is 4.98 Å². The third kappa shape index (κ3) is 4.49. The SMILES string of the molecule is CCOc1ccc(C(=O)Nc2ccccc2Cc2nc(-c3cccs3)no2)cn1. The zero-order chi connectivity index (χ0) is 20.1. The number of carbonyl (C=O) groups excluding carboxylic acids is 1. The third-order valence-electron chi connectivity index (χ3n) is 4.11. The Morgan fingerprint density at radius 2 is 2.07 bits per heavy atom. The van der Waals surface area contributed by atoms with Gasteiger partial charge in [-0.3, -0.25) is 4.79 Å². The summed E-state index contributed by atoms with van der Waals surface area (Å²) < 4.78 is 10.7. The second-order valence-electron chi connectivity index (χ2n) is 6.10. The lowest BCUT2D eigenvalue weighted by molar-refractivity contribution is 0.102. The second kappa shape index (κ2) is 8.66. The zero-order valence-electron chi connectivity index (χ0n) is 15.7. The van der Waals surface area contributed by atoms with Crippen molar-refractivity contribution in [3.8, 4) is 16.6 Å². The van der Waals surface area contributed by atoms with Gasteiger partial charge in [0.25, 0.3) is 5.91 Å². The molecule has 3 aromatic heterocycles. The molecule has 0 saturated heterocycles. The molecule has 29 heavy (non-hydrogen) atoms. The number of carbonyl (C=O) groups is 1. The minimum Gasteiger partial charge on any atom is -0.478 e. The summed E-state index contributed by atoms with van der Waals surface area (Å²) in [6.07, 6.45) is 1.91. The minimum absolute atomic E-state index is 0.252. The van der Waals surface area contributed by atoms with Crippen LogP contribution in [0.15, 0.2) is 64.6 Å². The molecule has 0 spiro atoms. The molecule has 0 aliphatic carbocycles. The first-order valence-corrected chi connectivity index (χ1v) is 9.95. The van der Waals surface area contributed by atoms with Crippen molar-refractivity contribution < 1.29 is 14.1 Å². The number of hydrogen-bond acceptors (Lipinski definition) is 7. The number of ether oxygens (including phenoxy) is 1. The molecule has 0 radical (unpaired) electrons. The summed E-state index contributed by atoms with van der Waals surface area (Å²) in [6, 6.07) is 14.8. The van der Waals surface area contributed by atoms with E-state index in [1.807, 2.05) is 48.7 Å². The number of pyridine rings is 1. The number of para-hydroxylation sites is 1. The van der Waals surface area contributed by atoms with Crippen LogP contribution in [0.4, 0.5) is 5.69 Å². The zero-order valence-corrected chi connectivity index (χ0v) is 16.5. The molecule has 0 saturated carbocycles. The maximum atomic E-state index is 12.6. The molecule has 1 aromatic carbocycles. The Labute approximate surface area is 171 Å². The van der Waals surface area contributed by atoms with Crippen LogP contribution in [0.2, 0.25) is 0 Å². The number of nitrogens with zero attached hydrogens (tertiary/aromatic N) is 3. The monoisotopic (exact) mass is 406 g/mol. The van der Waals surface area contributed by atoms with Gasteiger partial charge in [0.2, 0.25) is 17.6 Å². The van der Waals surface area contributed by atoms with Gasteiger partial charge < -0.3 is 14.6 Å². The Bertz CT molecular complexity index is 1090. The number of benzene rings is 1. The Hall–Kier alpha value is -3.52. The molecule has 0 aliphatic rings. The number of nitrogens with one attached hydrogen (secondary N) is 1. The predicted octanol–water partition coefficient (Wildman–Crippen LogP) is 4.43. The highest BCUT2D eigenvalue weighted by Crippen LogP contribution is 2.24. The fourth-order valence-corrected chi connectivity index (χ4v) is 3.38. The molecule has 0 fully saturated rings. The van der Waals surface area contributed by atoms with Crippen molar-refractivity contribution in [2.24, 2.45) is 0 Å². The van der Waals surface area contributed by atoms with Crippen molar-refractivity contribution in [3.63, 3.8) is 0 Å². The van der Waals surface area contributed by atoms with Crippen molar-refractivity contribution in [3.05, 3.63) is 77.1 Å². The van der Waals surface area contributed by atoms with Gasteiger partial charge in [-0.15, -0.1) is 11.3 Å². The number of amides is 1. The number of hydrogen-bond donors (Lipinski definition) is 1. The highest BCUT2D eigenvalue weighted by atomic mass is 32.1. The molecule has 0 atom stereocenters. The largest absolute Gasteiger partial charge is 0.478 e. The fourth-order valence-electron chi connectivity index (χ4n) is 2.73. The summed E-state index contributed by atoms with van der Waals surface area (Å²) in [5.41, 5.74) is 2.00. The molecule has 4 aromatic rings. The van der Waals surface area contributed by atoms with Gasteiger partial charge in [-0.1, -0.05) is 29.4 Å². The molecule has 4 rings (SSSR count). The first-order chi connectivity index (χ1) is 14.2. The molecular weight excluding hydrogens is 388 g/mol. The van der Waals surface area contributed by atoms with Crippen molar-refractivity contribution >= 4 is 22.9 Å². The topological polar surface area (TPSA) is 90.1 Å². The number of aromatic nitrogens is 3. The van der Waals surface area contributed by atoms with Crippen molar-refractivity contribution in [2.75, 3.05) is 11.9 Å². The summed E-state index contributed by atoms with van der Waals surface area (Å²) in [5.74, 6) is 1.29. The van der Waals surface area contributed by atoms with Crippen LogP contribution in [0.5, 0.6) is 5.88 Å². The van der Waals surface area contributed by atoms with Crippen LogP contribution < -0.4 is 10.1 Å². The Morgan fingerprint density at radius 3 is 2.83 bits per heavy atom. The molecule has 1 N–H and O–H groups in total. The van der Waals surface area contributed by atoms with Gasteiger partial charge in [-0.25, -0.2) is 4.98 Å². The maximum absolute atomic E-state index is 12.6. The van der Waals surface area contributed by atoms with E-state index >= 15 is 0 Å². The van der Waals surface area contributed by atoms with E-state index in [0.717, 1.165) is 10.4 Å². The summed E-state index contributed by atoms with van der Waals surface area (Å²) in [4.78, 5) is 22.1. The first-order valence-electron chi connectivity index (χ1n) is 9.07. The smallest absolute Gasteiger partial charge is 0.257 e. The molecule has 8 heteroatoms. The normalized spacial score (nSPS) is 10.7. The molecule has 0 unspecified atom stereocenters. The number of anilines is 1. The molecule has 1 amide bonds. The van der Waals surface area contributed by atoms with E-state index in [2.05, 4.69) is 20.4 Å². The quantitative estimate of drug-likeness (QED) is 0.488. The van der Waals surface area contributed by atoms with E-state index < -0.39 is 0 Å². The van der Waals surface area contributed by atoms with E-state index in [-0.39, 0.29) is 5.91 Å². The van der Waals surface area contributed by atoms with Crippen LogP contribution in [-0.2, 0) is 6.42 Å². The van der Waals surface area contributed by atoms with E-state index in [1.54, 1.807) is 23.5 Å². The average molecular weight is 406 g/mol. The highest BCUT2D eigenvalue weighted by Gasteiger charge is 2.14. The molecular formula is C21H18N4O3S. The van der Waals surface area contributed by atoms with Gasteiger partial charge >= 0.3 is 0 Å². The summed E-state index contributed by atoms with van der Waals surface area (Å²) in [5, 5.41) is 8.92. The van der Waals surface area contributed by atoms with Crippen LogP contribution >= 0.6 is 11.3 Å². The Kier molecular flexibility index (Phi) is 5.62. The third-order valence-corrected chi connectivity index (χ3v) is 4.97. The van der Waals surface area contributed by atoms with Gasteiger partial charge in [0.15, 0.2) is 0 Å². The van der Waals surface area contributed by atoms with Crippen molar-refractivity contribution in [1.82, 2.24) is 15.1 Å². The van der Waals surface area contributed by atoms with Crippen LogP contribution in [0.3, 0.4) is 0 Å². The van der Waals surface area contributed by atoms with Crippen LogP contribution in [0, 0.1) is 0 Å². The lowest BCUT2D eigenvalue weighted by atomic mass is 10.1. The van der Waals surface area contributed by atoms with E-state index in [1.165, 1.54) is 6.20 Å². The van der Waals surface area contributed by atoms with Gasteiger partial charge in [0.1, 0.15) is 0 Å². The molecule has 0 bridgehead atoms. The fraction of sp³-hybridized carbons (Fsp3) is 0.143. The van der Waals surface area contributed by atoms with Crippen LogP contribution in [0.1, 0.15) is 28.7 Å². The summed E-state index contributed by atoms with van der Waals surface area (Å²) in [7, 11) is 0.